The van der Waals surface area contributed by atoms with Gasteiger partial charge in [0.05, 0.1) is 5.56 Å². The minimum absolute atomic E-state index is 0.0361. The van der Waals surface area contributed by atoms with Gasteiger partial charge in [0.2, 0.25) is 0 Å². The number of nitrogens with one attached hydrogen (secondary N) is 1. The van der Waals surface area contributed by atoms with E-state index in [0.717, 1.165) is 31.7 Å². The van der Waals surface area contributed by atoms with Crippen LogP contribution in [0, 0.1) is 17.1 Å². The standard InChI is InChI=1S/C15H17FN2O/c16-14-9-11(7-8-12(14)10-17)15(19)18-13-5-3-1-2-4-6-13/h7-9,13H,1-6H2,(H,18,19). The third kappa shape index (κ3) is 3.54. The van der Waals surface area contributed by atoms with Crippen molar-refractivity contribution in [2.75, 3.05) is 0 Å². The van der Waals surface area contributed by atoms with Gasteiger partial charge < -0.3 is 5.32 Å². The summed E-state index contributed by atoms with van der Waals surface area (Å²) >= 11 is 0. The number of rotatable bonds is 2. The van der Waals surface area contributed by atoms with Gasteiger partial charge in [-0.1, -0.05) is 25.7 Å². The number of hydrogen-bond acceptors (Lipinski definition) is 2. The summed E-state index contributed by atoms with van der Waals surface area (Å²) < 4.78 is 13.5. The van der Waals surface area contributed by atoms with Crippen LogP contribution in [0.25, 0.3) is 0 Å². The van der Waals surface area contributed by atoms with Crippen LogP contribution in [0.2, 0.25) is 0 Å². The molecule has 1 aliphatic rings. The second-order valence-electron chi connectivity index (χ2n) is 4.97. The molecule has 3 nitrogen and oxygen atoms in total. The number of hydrogen-bond donors (Lipinski definition) is 1. The molecule has 0 unspecified atom stereocenters. The van der Waals surface area contributed by atoms with Crippen molar-refractivity contribution in [2.24, 2.45) is 0 Å². The highest BCUT2D eigenvalue weighted by Gasteiger charge is 2.16. The first-order valence-corrected chi connectivity index (χ1v) is 6.71. The number of halogens is 1. The summed E-state index contributed by atoms with van der Waals surface area (Å²) in [6.07, 6.45) is 6.68. The van der Waals surface area contributed by atoms with Gasteiger partial charge in [0, 0.05) is 11.6 Å². The van der Waals surface area contributed by atoms with E-state index in [1.54, 1.807) is 6.07 Å². The van der Waals surface area contributed by atoms with E-state index in [1.807, 2.05) is 0 Å². The third-order valence-electron chi connectivity index (χ3n) is 3.54. The van der Waals surface area contributed by atoms with E-state index in [-0.39, 0.29) is 23.1 Å². The average molecular weight is 260 g/mol. The highest BCUT2D eigenvalue weighted by molar-refractivity contribution is 5.94. The number of benzene rings is 1. The van der Waals surface area contributed by atoms with Gasteiger partial charge in [-0.15, -0.1) is 0 Å². The lowest BCUT2D eigenvalue weighted by molar-refractivity contribution is 0.0933. The summed E-state index contributed by atoms with van der Waals surface area (Å²) in [5.74, 6) is -0.897. The Labute approximate surface area is 112 Å². The molecule has 2 rings (SSSR count). The molecular weight excluding hydrogens is 243 g/mol. The van der Waals surface area contributed by atoms with E-state index < -0.39 is 5.82 Å². The monoisotopic (exact) mass is 260 g/mol. The second kappa shape index (κ2) is 6.33. The molecule has 0 radical (unpaired) electrons. The van der Waals surface area contributed by atoms with Crippen LogP contribution >= 0.6 is 0 Å². The molecule has 0 bridgehead atoms. The van der Waals surface area contributed by atoms with E-state index >= 15 is 0 Å². The zero-order valence-electron chi connectivity index (χ0n) is 10.8. The lowest BCUT2D eigenvalue weighted by Gasteiger charge is -2.16. The fourth-order valence-electron chi connectivity index (χ4n) is 2.44. The maximum Gasteiger partial charge on any atom is 0.251 e. The summed E-state index contributed by atoms with van der Waals surface area (Å²) in [4.78, 5) is 12.0. The zero-order valence-corrected chi connectivity index (χ0v) is 10.8. The fraction of sp³-hybridized carbons (Fsp3) is 0.467. The molecule has 0 saturated heterocycles. The van der Waals surface area contributed by atoms with Crippen molar-refractivity contribution in [1.82, 2.24) is 5.32 Å². The van der Waals surface area contributed by atoms with Gasteiger partial charge in [-0.3, -0.25) is 4.79 Å². The molecule has 0 aliphatic heterocycles. The van der Waals surface area contributed by atoms with Crippen LogP contribution < -0.4 is 5.32 Å². The van der Waals surface area contributed by atoms with Gasteiger partial charge in [0.1, 0.15) is 11.9 Å². The summed E-state index contributed by atoms with van der Waals surface area (Å²) in [7, 11) is 0. The summed E-state index contributed by atoms with van der Waals surface area (Å²) in [6, 6.07) is 5.90. The Morgan fingerprint density at radius 3 is 2.53 bits per heavy atom. The predicted octanol–water partition coefficient (Wildman–Crippen LogP) is 3.15. The Morgan fingerprint density at radius 1 is 1.26 bits per heavy atom. The van der Waals surface area contributed by atoms with Crippen LogP contribution in [0.3, 0.4) is 0 Å². The highest BCUT2D eigenvalue weighted by Crippen LogP contribution is 2.18. The zero-order chi connectivity index (χ0) is 13.7. The molecule has 0 spiro atoms. The quantitative estimate of drug-likeness (QED) is 0.830. The van der Waals surface area contributed by atoms with Crippen molar-refractivity contribution in [2.45, 2.75) is 44.6 Å². The molecule has 4 heteroatoms. The molecule has 1 aromatic carbocycles. The Hall–Kier alpha value is -1.89. The van der Waals surface area contributed by atoms with E-state index in [4.69, 9.17) is 5.26 Å². The van der Waals surface area contributed by atoms with Gasteiger partial charge in [0.25, 0.3) is 5.91 Å². The Bertz CT molecular complexity index is 499. The minimum Gasteiger partial charge on any atom is -0.349 e. The minimum atomic E-state index is -0.643. The number of carbonyl (C=O) groups is 1. The van der Waals surface area contributed by atoms with Crippen LogP contribution in [0.15, 0.2) is 18.2 Å². The second-order valence-corrected chi connectivity index (χ2v) is 4.97. The molecule has 0 heterocycles. The maximum absolute atomic E-state index is 13.5. The normalized spacial score (nSPS) is 16.4. The molecule has 0 atom stereocenters. The smallest absolute Gasteiger partial charge is 0.251 e. The molecule has 1 saturated carbocycles. The topological polar surface area (TPSA) is 52.9 Å². The Balaban J connectivity index is 2.03. The van der Waals surface area contributed by atoms with E-state index in [0.29, 0.717) is 0 Å². The molecule has 1 fully saturated rings. The first kappa shape index (κ1) is 13.5. The van der Waals surface area contributed by atoms with Gasteiger partial charge in [-0.2, -0.15) is 5.26 Å². The number of amides is 1. The number of nitriles is 1. The third-order valence-corrected chi connectivity index (χ3v) is 3.54. The molecule has 1 aliphatic carbocycles. The number of carbonyl (C=O) groups excluding carboxylic acids is 1. The van der Waals surface area contributed by atoms with Crippen molar-refractivity contribution in [1.29, 1.82) is 5.26 Å². The van der Waals surface area contributed by atoms with Crippen LogP contribution in [0.5, 0.6) is 0 Å². The van der Waals surface area contributed by atoms with Crippen LogP contribution in [0.1, 0.15) is 54.4 Å². The molecule has 1 amide bonds. The first-order chi connectivity index (χ1) is 9.20. The first-order valence-electron chi connectivity index (χ1n) is 6.71. The molecule has 1 aromatic rings. The average Bonchev–Trinajstić information content (AvgIpc) is 2.67. The summed E-state index contributed by atoms with van der Waals surface area (Å²) in [6.45, 7) is 0. The molecule has 100 valence electrons. The van der Waals surface area contributed by atoms with Crippen molar-refractivity contribution in [3.8, 4) is 6.07 Å². The van der Waals surface area contributed by atoms with E-state index in [1.165, 1.54) is 25.0 Å². The van der Waals surface area contributed by atoms with Gasteiger partial charge >= 0.3 is 0 Å². The van der Waals surface area contributed by atoms with Gasteiger partial charge in [-0.25, -0.2) is 4.39 Å². The lowest BCUT2D eigenvalue weighted by atomic mass is 10.1. The SMILES string of the molecule is N#Cc1ccc(C(=O)NC2CCCCCC2)cc1F. The van der Waals surface area contributed by atoms with Crippen LogP contribution in [-0.4, -0.2) is 11.9 Å². The molecule has 1 N–H and O–H groups in total. The Morgan fingerprint density at radius 2 is 1.95 bits per heavy atom. The van der Waals surface area contributed by atoms with Crippen molar-refractivity contribution in [3.63, 3.8) is 0 Å². The number of nitrogens with zero attached hydrogens (tertiary/aromatic N) is 1. The summed E-state index contributed by atoms with van der Waals surface area (Å²) in [5, 5.41) is 11.6. The fourth-order valence-corrected chi connectivity index (χ4v) is 2.44. The lowest BCUT2D eigenvalue weighted by Crippen LogP contribution is -2.34. The predicted molar refractivity (Wildman–Crippen MR) is 70.1 cm³/mol. The molecular formula is C15H17FN2O. The van der Waals surface area contributed by atoms with E-state index in [9.17, 15) is 9.18 Å². The highest BCUT2D eigenvalue weighted by atomic mass is 19.1. The molecule has 19 heavy (non-hydrogen) atoms. The summed E-state index contributed by atoms with van der Waals surface area (Å²) in [5.41, 5.74) is 0.242. The largest absolute Gasteiger partial charge is 0.349 e. The van der Waals surface area contributed by atoms with Crippen molar-refractivity contribution in [3.05, 3.63) is 35.1 Å². The van der Waals surface area contributed by atoms with Crippen LogP contribution in [-0.2, 0) is 0 Å². The van der Waals surface area contributed by atoms with Crippen molar-refractivity contribution < 1.29 is 9.18 Å². The maximum atomic E-state index is 13.5. The molecule has 0 aromatic heterocycles. The van der Waals surface area contributed by atoms with Gasteiger partial charge in [-0.05, 0) is 31.0 Å². The van der Waals surface area contributed by atoms with E-state index in [2.05, 4.69) is 5.32 Å². The van der Waals surface area contributed by atoms with Gasteiger partial charge in [0.15, 0.2) is 0 Å². The Kier molecular flexibility index (Phi) is 4.51. The van der Waals surface area contributed by atoms with Crippen molar-refractivity contribution >= 4 is 5.91 Å². The van der Waals surface area contributed by atoms with Crippen LogP contribution in [0.4, 0.5) is 4.39 Å².